The van der Waals surface area contributed by atoms with E-state index in [1.165, 1.54) is 49.9 Å². The summed E-state index contributed by atoms with van der Waals surface area (Å²) in [6.07, 6.45) is 9.83. The predicted molar refractivity (Wildman–Crippen MR) is 76.1 cm³/mol. The molecule has 4 aliphatic carbocycles. The van der Waals surface area contributed by atoms with E-state index in [-0.39, 0.29) is 0 Å². The first-order chi connectivity index (χ1) is 9.27. The normalized spacial score (nSPS) is 39.9. The van der Waals surface area contributed by atoms with Gasteiger partial charge in [-0.05, 0) is 69.4 Å². The Bertz CT molecular complexity index is 427. The number of nitrogens with one attached hydrogen (secondary N) is 2. The average molecular weight is 259 g/mol. The van der Waals surface area contributed by atoms with E-state index in [4.69, 9.17) is 5.10 Å². The molecule has 0 atom stereocenters. The van der Waals surface area contributed by atoms with Gasteiger partial charge in [0.05, 0.1) is 5.69 Å². The summed E-state index contributed by atoms with van der Waals surface area (Å²) in [5.74, 6) is 3.01. The first-order valence-electron chi connectivity index (χ1n) is 7.97. The fraction of sp³-hybridized carbons (Fsp3) is 0.812. The topological polar surface area (TPSA) is 40.7 Å². The highest BCUT2D eigenvalue weighted by atomic mass is 15.1. The summed E-state index contributed by atoms with van der Waals surface area (Å²) in [4.78, 5) is 0. The summed E-state index contributed by atoms with van der Waals surface area (Å²) < 4.78 is 0. The molecule has 0 radical (unpaired) electrons. The van der Waals surface area contributed by atoms with Crippen molar-refractivity contribution in [1.29, 1.82) is 0 Å². The molecule has 4 saturated carbocycles. The van der Waals surface area contributed by atoms with Crippen molar-refractivity contribution in [3.8, 4) is 0 Å². The SMILES string of the molecule is CNCCc1cc(C23CC4CC(CC(C4)C2)C3)n[nH]1. The average Bonchev–Trinajstić information content (AvgIpc) is 2.84. The molecule has 104 valence electrons. The Balaban J connectivity index is 1.59. The summed E-state index contributed by atoms with van der Waals surface area (Å²) in [7, 11) is 2.01. The molecule has 3 heteroatoms. The number of hydrogen-bond acceptors (Lipinski definition) is 2. The molecular formula is C16H25N3. The minimum Gasteiger partial charge on any atom is -0.319 e. The molecular weight excluding hydrogens is 234 g/mol. The van der Waals surface area contributed by atoms with Crippen LogP contribution in [0.1, 0.15) is 49.9 Å². The van der Waals surface area contributed by atoms with E-state index in [9.17, 15) is 0 Å². The lowest BCUT2D eigenvalue weighted by Crippen LogP contribution is -2.48. The molecule has 0 saturated heterocycles. The number of hydrogen-bond donors (Lipinski definition) is 2. The third-order valence-electron chi connectivity index (χ3n) is 5.86. The van der Waals surface area contributed by atoms with Gasteiger partial charge in [0.1, 0.15) is 0 Å². The molecule has 1 heterocycles. The zero-order valence-electron chi connectivity index (χ0n) is 11.9. The maximum atomic E-state index is 4.71. The van der Waals surface area contributed by atoms with Crippen LogP contribution in [0.4, 0.5) is 0 Å². The van der Waals surface area contributed by atoms with Crippen molar-refractivity contribution in [3.63, 3.8) is 0 Å². The van der Waals surface area contributed by atoms with Gasteiger partial charge in [0.2, 0.25) is 0 Å². The zero-order valence-corrected chi connectivity index (χ0v) is 11.9. The van der Waals surface area contributed by atoms with Crippen molar-refractivity contribution in [2.45, 2.75) is 50.4 Å². The van der Waals surface area contributed by atoms with Crippen LogP contribution in [-0.4, -0.2) is 23.8 Å². The molecule has 2 N–H and O–H groups in total. The van der Waals surface area contributed by atoms with Gasteiger partial charge in [0.15, 0.2) is 0 Å². The lowest BCUT2D eigenvalue weighted by Gasteiger charge is -2.56. The van der Waals surface area contributed by atoms with Crippen LogP contribution in [0.3, 0.4) is 0 Å². The highest BCUT2D eigenvalue weighted by Gasteiger charge is 2.52. The van der Waals surface area contributed by atoms with Crippen molar-refractivity contribution in [2.24, 2.45) is 17.8 Å². The van der Waals surface area contributed by atoms with E-state index in [0.29, 0.717) is 5.41 Å². The third kappa shape index (κ3) is 1.94. The molecule has 4 aliphatic rings. The van der Waals surface area contributed by atoms with Crippen LogP contribution in [0, 0.1) is 17.8 Å². The lowest BCUT2D eigenvalue weighted by molar-refractivity contribution is -0.00722. The summed E-state index contributed by atoms with van der Waals surface area (Å²) in [5, 5.41) is 11.2. The van der Waals surface area contributed by atoms with Gasteiger partial charge in [0.25, 0.3) is 0 Å². The molecule has 0 spiro atoms. The van der Waals surface area contributed by atoms with Gasteiger partial charge in [-0.1, -0.05) is 0 Å². The number of rotatable bonds is 4. The second-order valence-corrected chi connectivity index (χ2v) is 7.33. The van der Waals surface area contributed by atoms with Crippen molar-refractivity contribution in [3.05, 3.63) is 17.5 Å². The lowest BCUT2D eigenvalue weighted by atomic mass is 9.49. The van der Waals surface area contributed by atoms with Gasteiger partial charge >= 0.3 is 0 Å². The smallest absolute Gasteiger partial charge is 0.0686 e. The van der Waals surface area contributed by atoms with Gasteiger partial charge < -0.3 is 5.32 Å². The van der Waals surface area contributed by atoms with Gasteiger partial charge in [-0.25, -0.2) is 0 Å². The van der Waals surface area contributed by atoms with Crippen LogP contribution in [-0.2, 0) is 11.8 Å². The number of aromatic amines is 1. The Morgan fingerprint density at radius 1 is 1.21 bits per heavy atom. The standard InChI is InChI=1S/C16H25N3/c1-17-3-2-14-7-15(19-18-14)16-8-11-4-12(9-16)6-13(5-11)10-16/h7,11-13,17H,2-6,8-10H2,1H3,(H,18,19). The number of aromatic nitrogens is 2. The Kier molecular flexibility index (Phi) is 2.73. The van der Waals surface area contributed by atoms with E-state index in [1.54, 1.807) is 0 Å². The Morgan fingerprint density at radius 2 is 1.84 bits per heavy atom. The van der Waals surface area contributed by atoms with Crippen LogP contribution < -0.4 is 5.32 Å². The van der Waals surface area contributed by atoms with Gasteiger partial charge in [-0.15, -0.1) is 0 Å². The highest BCUT2D eigenvalue weighted by Crippen LogP contribution is 2.60. The van der Waals surface area contributed by atoms with Crippen LogP contribution in [0.5, 0.6) is 0 Å². The highest BCUT2D eigenvalue weighted by molar-refractivity contribution is 5.24. The van der Waals surface area contributed by atoms with Crippen LogP contribution in [0.25, 0.3) is 0 Å². The minimum absolute atomic E-state index is 0.448. The first kappa shape index (κ1) is 12.0. The van der Waals surface area contributed by atoms with Gasteiger partial charge in [0, 0.05) is 24.1 Å². The zero-order chi connectivity index (χ0) is 12.9. The second kappa shape index (κ2) is 4.34. The minimum atomic E-state index is 0.448. The van der Waals surface area contributed by atoms with E-state index in [2.05, 4.69) is 16.5 Å². The number of nitrogens with zero attached hydrogens (tertiary/aromatic N) is 1. The Hall–Kier alpha value is -0.830. The Morgan fingerprint density at radius 3 is 2.42 bits per heavy atom. The summed E-state index contributed by atoms with van der Waals surface area (Å²) in [6.45, 7) is 1.03. The summed E-state index contributed by atoms with van der Waals surface area (Å²) in [5.41, 5.74) is 3.14. The van der Waals surface area contributed by atoms with Crippen molar-refractivity contribution >= 4 is 0 Å². The molecule has 5 rings (SSSR count). The molecule has 3 nitrogen and oxygen atoms in total. The molecule has 4 fully saturated rings. The van der Waals surface area contributed by atoms with Gasteiger partial charge in [-0.2, -0.15) is 5.10 Å². The van der Waals surface area contributed by atoms with Gasteiger partial charge in [-0.3, -0.25) is 5.10 Å². The largest absolute Gasteiger partial charge is 0.319 e. The van der Waals surface area contributed by atoms with Crippen molar-refractivity contribution in [2.75, 3.05) is 13.6 Å². The number of likely N-dealkylation sites (N-methyl/N-ethyl adjacent to an activating group) is 1. The van der Waals surface area contributed by atoms with Crippen LogP contribution in [0.15, 0.2) is 6.07 Å². The molecule has 0 unspecified atom stereocenters. The molecule has 0 amide bonds. The summed E-state index contributed by atoms with van der Waals surface area (Å²) >= 11 is 0. The van der Waals surface area contributed by atoms with Crippen molar-refractivity contribution in [1.82, 2.24) is 15.5 Å². The monoisotopic (exact) mass is 259 g/mol. The molecule has 4 bridgehead atoms. The fourth-order valence-electron chi connectivity index (χ4n) is 5.45. The van der Waals surface area contributed by atoms with E-state index in [0.717, 1.165) is 30.7 Å². The molecule has 1 aromatic heterocycles. The predicted octanol–water partition coefficient (Wildman–Crippen LogP) is 2.64. The molecule has 0 aromatic carbocycles. The molecule has 1 aromatic rings. The molecule has 0 aliphatic heterocycles. The maximum absolute atomic E-state index is 4.71. The van der Waals surface area contributed by atoms with E-state index in [1.807, 2.05) is 7.05 Å². The Labute approximate surface area is 115 Å². The van der Waals surface area contributed by atoms with Crippen molar-refractivity contribution < 1.29 is 0 Å². The number of H-pyrrole nitrogens is 1. The van der Waals surface area contributed by atoms with E-state index < -0.39 is 0 Å². The third-order valence-corrected chi connectivity index (χ3v) is 5.86. The van der Waals surface area contributed by atoms with E-state index >= 15 is 0 Å². The van der Waals surface area contributed by atoms with Crippen LogP contribution in [0.2, 0.25) is 0 Å². The van der Waals surface area contributed by atoms with Crippen LogP contribution >= 0.6 is 0 Å². The molecule has 19 heavy (non-hydrogen) atoms. The second-order valence-electron chi connectivity index (χ2n) is 7.33. The fourth-order valence-corrected chi connectivity index (χ4v) is 5.45. The maximum Gasteiger partial charge on any atom is 0.0686 e. The first-order valence-corrected chi connectivity index (χ1v) is 7.97. The summed E-state index contributed by atoms with van der Waals surface area (Å²) in [6, 6.07) is 2.37. The quantitative estimate of drug-likeness (QED) is 0.872.